The quantitative estimate of drug-likeness (QED) is 0.687. The summed E-state index contributed by atoms with van der Waals surface area (Å²) >= 11 is 3.43. The summed E-state index contributed by atoms with van der Waals surface area (Å²) in [7, 11) is 0. The minimum absolute atomic E-state index is 0.181. The summed E-state index contributed by atoms with van der Waals surface area (Å²) < 4.78 is 0.763. The maximum Gasteiger partial charge on any atom is 0.211 e. The van der Waals surface area contributed by atoms with E-state index in [9.17, 15) is 9.90 Å². The molecule has 3 aromatic carbocycles. The van der Waals surface area contributed by atoms with Crippen LogP contribution in [0, 0.1) is 0 Å². The Labute approximate surface area is 130 Å². The van der Waals surface area contributed by atoms with Crippen molar-refractivity contribution < 1.29 is 9.90 Å². The number of carbonyl (C=O) groups excluding carboxylic acids is 1. The van der Waals surface area contributed by atoms with Gasteiger partial charge in [-0.3, -0.25) is 4.79 Å². The molecule has 3 aromatic rings. The number of fused-ring (bicyclic) bond motifs is 1. The minimum Gasteiger partial charge on any atom is -0.507 e. The molecular weight excluding hydrogens is 330 g/mol. The maximum absolute atomic E-state index is 10.9. The average Bonchev–Trinajstić information content (AvgIpc) is 2.50. The number of aromatic hydroxyl groups is 1. The molecule has 0 bridgehead atoms. The monoisotopic (exact) mass is 341 g/mol. The van der Waals surface area contributed by atoms with Crippen molar-refractivity contribution in [2.24, 2.45) is 0 Å². The summed E-state index contributed by atoms with van der Waals surface area (Å²) in [6.07, 6.45) is 0.631. The van der Waals surface area contributed by atoms with Gasteiger partial charge in [-0.05, 0) is 38.8 Å². The van der Waals surface area contributed by atoms with E-state index < -0.39 is 0 Å². The molecule has 0 unspecified atom stereocenters. The van der Waals surface area contributed by atoms with Crippen LogP contribution in [0.5, 0.6) is 5.75 Å². The van der Waals surface area contributed by atoms with Crippen LogP contribution in [-0.2, 0) is 4.79 Å². The molecule has 104 valence electrons. The van der Waals surface area contributed by atoms with Crippen LogP contribution in [0.4, 0.5) is 5.69 Å². The number of hydrogen-bond acceptors (Lipinski definition) is 2. The molecule has 0 saturated heterocycles. The van der Waals surface area contributed by atoms with Crippen LogP contribution < -0.4 is 5.32 Å². The van der Waals surface area contributed by atoms with Gasteiger partial charge >= 0.3 is 0 Å². The smallest absolute Gasteiger partial charge is 0.211 e. The number of para-hydroxylation sites is 1. The minimum atomic E-state index is 0.181. The van der Waals surface area contributed by atoms with Gasteiger partial charge in [0.25, 0.3) is 0 Å². The van der Waals surface area contributed by atoms with E-state index in [4.69, 9.17) is 0 Å². The molecule has 0 aliphatic rings. The van der Waals surface area contributed by atoms with Crippen LogP contribution in [0.15, 0.2) is 59.1 Å². The molecule has 3 rings (SSSR count). The largest absolute Gasteiger partial charge is 0.507 e. The Kier molecular flexibility index (Phi) is 3.62. The fraction of sp³-hybridized carbons (Fsp3) is 0. The first kappa shape index (κ1) is 13.6. The summed E-state index contributed by atoms with van der Waals surface area (Å²) in [5.74, 6) is 0.181. The highest BCUT2D eigenvalue weighted by Gasteiger charge is 2.14. The zero-order valence-corrected chi connectivity index (χ0v) is 12.6. The number of benzene rings is 3. The first-order valence-corrected chi connectivity index (χ1v) is 7.21. The Morgan fingerprint density at radius 1 is 1.00 bits per heavy atom. The van der Waals surface area contributed by atoms with E-state index in [0.717, 1.165) is 20.8 Å². The van der Waals surface area contributed by atoms with Crippen molar-refractivity contribution in [3.8, 4) is 16.9 Å². The van der Waals surface area contributed by atoms with E-state index in [2.05, 4.69) is 21.2 Å². The fourth-order valence-electron chi connectivity index (χ4n) is 2.48. The third-order valence-electron chi connectivity index (χ3n) is 3.39. The van der Waals surface area contributed by atoms with Crippen molar-refractivity contribution in [1.82, 2.24) is 0 Å². The Morgan fingerprint density at radius 3 is 2.62 bits per heavy atom. The van der Waals surface area contributed by atoms with Gasteiger partial charge in [-0.1, -0.05) is 42.5 Å². The van der Waals surface area contributed by atoms with Crippen molar-refractivity contribution >= 4 is 38.8 Å². The normalized spacial score (nSPS) is 10.5. The van der Waals surface area contributed by atoms with Crippen molar-refractivity contribution in [2.75, 3.05) is 5.32 Å². The van der Waals surface area contributed by atoms with Crippen LogP contribution >= 0.6 is 15.9 Å². The lowest BCUT2D eigenvalue weighted by Gasteiger charge is -2.14. The number of amides is 1. The van der Waals surface area contributed by atoms with E-state index in [0.29, 0.717) is 17.7 Å². The first-order valence-electron chi connectivity index (χ1n) is 6.42. The lowest BCUT2D eigenvalue weighted by molar-refractivity contribution is -0.105. The second kappa shape index (κ2) is 5.58. The van der Waals surface area contributed by atoms with Gasteiger partial charge in [-0.15, -0.1) is 0 Å². The Hall–Kier alpha value is -2.33. The van der Waals surface area contributed by atoms with Gasteiger partial charge < -0.3 is 10.4 Å². The van der Waals surface area contributed by atoms with Crippen LogP contribution in [-0.4, -0.2) is 11.5 Å². The number of rotatable bonds is 3. The fourth-order valence-corrected chi connectivity index (χ4v) is 2.96. The number of anilines is 1. The molecule has 0 atom stereocenters. The molecule has 0 heterocycles. The second-order valence-corrected chi connectivity index (χ2v) is 5.46. The van der Waals surface area contributed by atoms with E-state index in [1.165, 1.54) is 0 Å². The number of hydrogen-bond donors (Lipinski definition) is 2. The summed E-state index contributed by atoms with van der Waals surface area (Å²) in [4.78, 5) is 10.9. The van der Waals surface area contributed by atoms with Gasteiger partial charge in [0.2, 0.25) is 6.41 Å². The van der Waals surface area contributed by atoms with Crippen molar-refractivity contribution in [2.45, 2.75) is 0 Å². The zero-order chi connectivity index (χ0) is 14.8. The van der Waals surface area contributed by atoms with Crippen LogP contribution in [0.25, 0.3) is 21.9 Å². The van der Waals surface area contributed by atoms with E-state index >= 15 is 0 Å². The molecule has 0 fully saturated rings. The molecule has 21 heavy (non-hydrogen) atoms. The van der Waals surface area contributed by atoms with Crippen molar-refractivity contribution in [3.63, 3.8) is 0 Å². The molecule has 0 radical (unpaired) electrons. The molecular formula is C17H12BrNO2. The number of nitrogens with one attached hydrogen (secondary N) is 1. The molecule has 0 saturated carbocycles. The Morgan fingerprint density at radius 2 is 1.81 bits per heavy atom. The lowest BCUT2D eigenvalue weighted by atomic mass is 9.96. The van der Waals surface area contributed by atoms with Gasteiger partial charge in [0.1, 0.15) is 5.75 Å². The summed E-state index contributed by atoms with van der Waals surface area (Å²) in [6.45, 7) is 0. The number of halogens is 1. The predicted molar refractivity (Wildman–Crippen MR) is 88.4 cm³/mol. The van der Waals surface area contributed by atoms with Gasteiger partial charge in [0.05, 0.1) is 5.69 Å². The summed E-state index contributed by atoms with van der Waals surface area (Å²) in [5.41, 5.74) is 2.11. The third kappa shape index (κ3) is 2.38. The van der Waals surface area contributed by atoms with E-state index in [1.807, 2.05) is 48.5 Å². The topological polar surface area (TPSA) is 49.3 Å². The highest BCUT2D eigenvalue weighted by molar-refractivity contribution is 9.10. The van der Waals surface area contributed by atoms with E-state index in [1.54, 1.807) is 6.07 Å². The maximum atomic E-state index is 10.9. The van der Waals surface area contributed by atoms with Crippen LogP contribution in [0.1, 0.15) is 0 Å². The molecule has 4 heteroatoms. The van der Waals surface area contributed by atoms with Gasteiger partial charge in [0.15, 0.2) is 0 Å². The molecule has 2 N–H and O–H groups in total. The van der Waals surface area contributed by atoms with E-state index in [-0.39, 0.29) is 5.75 Å². The number of phenols is 1. The first-order chi connectivity index (χ1) is 10.2. The van der Waals surface area contributed by atoms with Crippen LogP contribution in [0.2, 0.25) is 0 Å². The molecule has 0 aliphatic carbocycles. The number of phenolic OH excluding ortho intramolecular Hbond substituents is 1. The SMILES string of the molecule is O=CNc1c(Br)cccc1-c1c(O)ccc2ccccc12. The Balaban J connectivity index is 2.38. The number of carbonyl (C=O) groups is 1. The van der Waals surface area contributed by atoms with Gasteiger partial charge in [-0.25, -0.2) is 0 Å². The lowest BCUT2D eigenvalue weighted by Crippen LogP contribution is -1.98. The highest BCUT2D eigenvalue weighted by atomic mass is 79.9. The molecule has 0 aliphatic heterocycles. The van der Waals surface area contributed by atoms with Crippen LogP contribution in [0.3, 0.4) is 0 Å². The average molecular weight is 342 g/mol. The molecule has 3 nitrogen and oxygen atoms in total. The Bertz CT molecular complexity index is 830. The molecule has 1 amide bonds. The zero-order valence-electron chi connectivity index (χ0n) is 11.0. The molecule has 0 spiro atoms. The predicted octanol–water partition coefficient (Wildman–Crippen LogP) is 4.54. The summed E-state index contributed by atoms with van der Waals surface area (Å²) in [6, 6.07) is 17.0. The van der Waals surface area contributed by atoms with Crippen molar-refractivity contribution in [1.29, 1.82) is 0 Å². The van der Waals surface area contributed by atoms with Gasteiger partial charge in [0, 0.05) is 15.6 Å². The third-order valence-corrected chi connectivity index (χ3v) is 4.05. The highest BCUT2D eigenvalue weighted by Crippen LogP contribution is 2.42. The summed E-state index contributed by atoms with van der Waals surface area (Å²) in [5, 5.41) is 15.0. The van der Waals surface area contributed by atoms with Crippen molar-refractivity contribution in [3.05, 3.63) is 59.1 Å². The molecule has 0 aromatic heterocycles. The standard InChI is InChI=1S/C17H12BrNO2/c18-14-7-3-6-13(17(14)19-10-20)16-12-5-2-1-4-11(12)8-9-15(16)21/h1-10,21H,(H,19,20). The van der Waals surface area contributed by atoms with Gasteiger partial charge in [-0.2, -0.15) is 0 Å². The second-order valence-electron chi connectivity index (χ2n) is 4.61.